The minimum Gasteiger partial charge on any atom is -0.479 e. The van der Waals surface area contributed by atoms with E-state index < -0.39 is 25.2 Å². The van der Waals surface area contributed by atoms with Crippen LogP contribution in [0.25, 0.3) is 10.8 Å². The van der Waals surface area contributed by atoms with Gasteiger partial charge in [-0.05, 0) is 22.9 Å². The molecule has 0 aliphatic heterocycles. The molecule has 0 amide bonds. The van der Waals surface area contributed by atoms with Crippen LogP contribution < -0.4 is 9.47 Å². The maximum absolute atomic E-state index is 10.6. The Morgan fingerprint density at radius 2 is 1.25 bits per heavy atom. The van der Waals surface area contributed by atoms with Gasteiger partial charge in [-0.3, -0.25) is 0 Å². The SMILES string of the molecule is O=C(O)COc1cc2ccccc2cc1OCC(=O)O. The predicted molar refractivity (Wildman–Crippen MR) is 70.2 cm³/mol. The Morgan fingerprint density at radius 3 is 1.60 bits per heavy atom. The number of ether oxygens (including phenoxy) is 2. The van der Waals surface area contributed by atoms with E-state index in [9.17, 15) is 9.59 Å². The number of benzene rings is 2. The first-order valence-electron chi connectivity index (χ1n) is 5.78. The van der Waals surface area contributed by atoms with Crippen LogP contribution in [0.3, 0.4) is 0 Å². The second-order valence-electron chi connectivity index (χ2n) is 4.01. The summed E-state index contributed by atoms with van der Waals surface area (Å²) >= 11 is 0. The fourth-order valence-electron chi connectivity index (χ4n) is 1.70. The van der Waals surface area contributed by atoms with Crippen molar-refractivity contribution in [3.05, 3.63) is 36.4 Å². The normalized spacial score (nSPS) is 10.2. The van der Waals surface area contributed by atoms with E-state index in [-0.39, 0.29) is 11.5 Å². The van der Waals surface area contributed by atoms with Crippen LogP contribution in [-0.2, 0) is 9.59 Å². The first-order chi connectivity index (χ1) is 9.56. The largest absolute Gasteiger partial charge is 0.479 e. The van der Waals surface area contributed by atoms with Gasteiger partial charge in [0.25, 0.3) is 0 Å². The topological polar surface area (TPSA) is 93.1 Å². The Labute approximate surface area is 114 Å². The average Bonchev–Trinajstić information content (AvgIpc) is 2.42. The molecule has 2 N–H and O–H groups in total. The zero-order valence-corrected chi connectivity index (χ0v) is 10.4. The van der Waals surface area contributed by atoms with Gasteiger partial charge in [-0.1, -0.05) is 24.3 Å². The van der Waals surface area contributed by atoms with E-state index >= 15 is 0 Å². The monoisotopic (exact) mass is 276 g/mol. The van der Waals surface area contributed by atoms with Gasteiger partial charge in [-0.15, -0.1) is 0 Å². The minimum atomic E-state index is -1.12. The van der Waals surface area contributed by atoms with Crippen molar-refractivity contribution >= 4 is 22.7 Å². The van der Waals surface area contributed by atoms with Gasteiger partial charge >= 0.3 is 11.9 Å². The molecular formula is C14H12O6. The van der Waals surface area contributed by atoms with Gasteiger partial charge in [0.15, 0.2) is 24.7 Å². The predicted octanol–water partition coefficient (Wildman–Crippen LogP) is 1.77. The molecule has 0 fully saturated rings. The van der Waals surface area contributed by atoms with Crippen molar-refractivity contribution in [1.29, 1.82) is 0 Å². The van der Waals surface area contributed by atoms with Gasteiger partial charge in [-0.2, -0.15) is 0 Å². The summed E-state index contributed by atoms with van der Waals surface area (Å²) in [5.41, 5.74) is 0. The summed E-state index contributed by atoms with van der Waals surface area (Å²) in [4.78, 5) is 21.1. The molecule has 0 bridgehead atoms. The van der Waals surface area contributed by atoms with E-state index in [1.807, 2.05) is 24.3 Å². The molecule has 104 valence electrons. The first kappa shape index (κ1) is 13.7. The minimum absolute atomic E-state index is 0.201. The lowest BCUT2D eigenvalue weighted by Gasteiger charge is -2.12. The molecule has 2 aromatic rings. The molecule has 0 unspecified atom stereocenters. The third-order valence-corrected chi connectivity index (χ3v) is 2.51. The second-order valence-corrected chi connectivity index (χ2v) is 4.01. The van der Waals surface area contributed by atoms with Crippen LogP contribution >= 0.6 is 0 Å². The molecule has 0 saturated heterocycles. The molecule has 6 heteroatoms. The maximum Gasteiger partial charge on any atom is 0.341 e. The molecule has 0 aromatic heterocycles. The van der Waals surface area contributed by atoms with Gasteiger partial charge in [0, 0.05) is 0 Å². The van der Waals surface area contributed by atoms with Crippen molar-refractivity contribution in [3.8, 4) is 11.5 Å². The highest BCUT2D eigenvalue weighted by atomic mass is 16.5. The summed E-state index contributed by atoms with van der Waals surface area (Å²) in [7, 11) is 0. The van der Waals surface area contributed by atoms with E-state index in [2.05, 4.69) is 0 Å². The Morgan fingerprint density at radius 1 is 0.850 bits per heavy atom. The molecule has 0 aliphatic carbocycles. The van der Waals surface area contributed by atoms with E-state index in [4.69, 9.17) is 19.7 Å². The van der Waals surface area contributed by atoms with Crippen LogP contribution in [0.1, 0.15) is 0 Å². The van der Waals surface area contributed by atoms with Crippen molar-refractivity contribution in [2.45, 2.75) is 0 Å². The number of hydrogen-bond donors (Lipinski definition) is 2. The number of carbonyl (C=O) groups is 2. The van der Waals surface area contributed by atoms with Crippen molar-refractivity contribution in [1.82, 2.24) is 0 Å². The third-order valence-electron chi connectivity index (χ3n) is 2.51. The van der Waals surface area contributed by atoms with Crippen LogP contribution in [0.15, 0.2) is 36.4 Å². The zero-order chi connectivity index (χ0) is 14.5. The molecular weight excluding hydrogens is 264 g/mol. The number of carboxylic acid groups (broad SMARTS) is 2. The molecule has 2 rings (SSSR count). The summed E-state index contributed by atoms with van der Waals surface area (Å²) in [5.74, 6) is -1.84. The molecule has 2 aromatic carbocycles. The third kappa shape index (κ3) is 3.38. The maximum atomic E-state index is 10.6. The van der Waals surface area contributed by atoms with Crippen LogP contribution in [-0.4, -0.2) is 35.4 Å². The summed E-state index contributed by atoms with van der Waals surface area (Å²) in [6, 6.07) is 10.6. The average molecular weight is 276 g/mol. The van der Waals surface area contributed by atoms with E-state index in [0.29, 0.717) is 0 Å². The van der Waals surface area contributed by atoms with Gasteiger partial charge in [0.05, 0.1) is 0 Å². The van der Waals surface area contributed by atoms with E-state index in [1.54, 1.807) is 12.1 Å². The van der Waals surface area contributed by atoms with E-state index in [1.165, 1.54) is 0 Å². The molecule has 6 nitrogen and oxygen atoms in total. The fourth-order valence-corrected chi connectivity index (χ4v) is 1.70. The van der Waals surface area contributed by atoms with Gasteiger partial charge in [0.1, 0.15) is 0 Å². The molecule has 20 heavy (non-hydrogen) atoms. The lowest BCUT2D eigenvalue weighted by molar-refractivity contribution is -0.140. The molecule has 0 atom stereocenters. The molecule has 0 spiro atoms. The Hall–Kier alpha value is -2.76. The van der Waals surface area contributed by atoms with Crippen molar-refractivity contribution < 1.29 is 29.3 Å². The Bertz CT molecular complexity index is 593. The molecule has 0 heterocycles. The van der Waals surface area contributed by atoms with Gasteiger partial charge in [0.2, 0.25) is 0 Å². The first-order valence-corrected chi connectivity index (χ1v) is 5.78. The molecule has 0 aliphatic rings. The number of hydrogen-bond acceptors (Lipinski definition) is 4. The highest BCUT2D eigenvalue weighted by Gasteiger charge is 2.11. The number of carboxylic acids is 2. The lowest BCUT2D eigenvalue weighted by Crippen LogP contribution is -2.13. The number of fused-ring (bicyclic) bond motifs is 1. The van der Waals surface area contributed by atoms with Crippen LogP contribution in [0.4, 0.5) is 0 Å². The van der Waals surface area contributed by atoms with Crippen LogP contribution in [0, 0.1) is 0 Å². The van der Waals surface area contributed by atoms with Crippen molar-refractivity contribution in [2.75, 3.05) is 13.2 Å². The molecule has 0 radical (unpaired) electrons. The lowest BCUT2D eigenvalue weighted by atomic mass is 10.1. The Balaban J connectivity index is 2.35. The summed E-state index contributed by atoms with van der Waals surface area (Å²) in [5, 5.41) is 19.0. The fraction of sp³-hybridized carbons (Fsp3) is 0.143. The highest BCUT2D eigenvalue weighted by molar-refractivity contribution is 5.86. The second kappa shape index (κ2) is 5.92. The van der Waals surface area contributed by atoms with Gasteiger partial charge < -0.3 is 19.7 Å². The quantitative estimate of drug-likeness (QED) is 0.835. The zero-order valence-electron chi connectivity index (χ0n) is 10.4. The summed E-state index contributed by atoms with van der Waals surface area (Å²) in [6.07, 6.45) is 0. The molecule has 0 saturated carbocycles. The highest BCUT2D eigenvalue weighted by Crippen LogP contribution is 2.32. The summed E-state index contributed by atoms with van der Waals surface area (Å²) < 4.78 is 10.2. The van der Waals surface area contributed by atoms with E-state index in [0.717, 1.165) is 10.8 Å². The van der Waals surface area contributed by atoms with Crippen molar-refractivity contribution in [3.63, 3.8) is 0 Å². The summed E-state index contributed by atoms with van der Waals surface area (Å²) in [6.45, 7) is -1.05. The smallest absolute Gasteiger partial charge is 0.341 e. The number of aliphatic carboxylic acids is 2. The standard InChI is InChI=1S/C14H12O6/c15-13(16)7-19-11-5-9-3-1-2-4-10(9)6-12(11)20-8-14(17)18/h1-6H,7-8H2,(H,15,16)(H,17,18). The Kier molecular flexibility index (Phi) is 4.05. The van der Waals surface area contributed by atoms with Crippen LogP contribution in [0.2, 0.25) is 0 Å². The van der Waals surface area contributed by atoms with Crippen LogP contribution in [0.5, 0.6) is 11.5 Å². The van der Waals surface area contributed by atoms with Gasteiger partial charge in [-0.25, -0.2) is 9.59 Å². The van der Waals surface area contributed by atoms with Crippen molar-refractivity contribution in [2.24, 2.45) is 0 Å². The number of rotatable bonds is 6.